The zero-order valence-corrected chi connectivity index (χ0v) is 10.6. The average Bonchev–Trinajstić information content (AvgIpc) is 2.40. The molecular formula is C13H21N3O. The molecule has 4 heteroatoms. The van der Waals surface area contributed by atoms with Crippen LogP contribution in [0.15, 0.2) is 18.3 Å². The summed E-state index contributed by atoms with van der Waals surface area (Å²) in [4.78, 5) is 6.80. The van der Waals surface area contributed by atoms with E-state index >= 15 is 0 Å². The van der Waals surface area contributed by atoms with Gasteiger partial charge in [-0.15, -0.1) is 0 Å². The van der Waals surface area contributed by atoms with Gasteiger partial charge in [-0.25, -0.2) is 0 Å². The highest BCUT2D eigenvalue weighted by Crippen LogP contribution is 2.20. The highest BCUT2D eigenvalue weighted by Gasteiger charge is 2.17. The zero-order valence-electron chi connectivity index (χ0n) is 10.6. The van der Waals surface area contributed by atoms with Gasteiger partial charge in [0, 0.05) is 45.5 Å². The Morgan fingerprint density at radius 1 is 1.47 bits per heavy atom. The van der Waals surface area contributed by atoms with Crippen LogP contribution in [0, 0.1) is 0 Å². The van der Waals surface area contributed by atoms with Gasteiger partial charge in [0.2, 0.25) is 0 Å². The van der Waals surface area contributed by atoms with Crippen molar-refractivity contribution in [1.29, 1.82) is 0 Å². The van der Waals surface area contributed by atoms with E-state index in [1.807, 2.05) is 6.20 Å². The first-order valence-electron chi connectivity index (χ1n) is 6.20. The topological polar surface area (TPSA) is 37.4 Å². The third-order valence-electron chi connectivity index (χ3n) is 3.31. The summed E-state index contributed by atoms with van der Waals surface area (Å²) >= 11 is 0. The summed E-state index contributed by atoms with van der Waals surface area (Å²) in [5.41, 5.74) is 2.33. The molecule has 0 bridgehead atoms. The van der Waals surface area contributed by atoms with Crippen molar-refractivity contribution in [1.82, 2.24) is 15.2 Å². The first kappa shape index (κ1) is 12.5. The fourth-order valence-electron chi connectivity index (χ4n) is 2.26. The lowest BCUT2D eigenvalue weighted by molar-refractivity contribution is 0.178. The molecular weight excluding hydrogens is 214 g/mol. The van der Waals surface area contributed by atoms with Crippen LogP contribution in [-0.4, -0.2) is 43.2 Å². The summed E-state index contributed by atoms with van der Waals surface area (Å²) in [5.74, 6) is 0. The SMILES string of the molecule is COCc1cc(C(C)N2CCNCC2)ccn1. The number of hydrogen-bond acceptors (Lipinski definition) is 4. The van der Waals surface area contributed by atoms with Crippen LogP contribution in [0.25, 0.3) is 0 Å². The summed E-state index contributed by atoms with van der Waals surface area (Å²) in [6, 6.07) is 4.71. The van der Waals surface area contributed by atoms with Gasteiger partial charge in [-0.1, -0.05) is 0 Å². The van der Waals surface area contributed by atoms with Crippen molar-refractivity contribution in [3.8, 4) is 0 Å². The lowest BCUT2D eigenvalue weighted by atomic mass is 10.1. The molecule has 4 nitrogen and oxygen atoms in total. The number of piperazine rings is 1. The Kier molecular flexibility index (Phi) is 4.48. The number of methoxy groups -OCH3 is 1. The van der Waals surface area contributed by atoms with E-state index < -0.39 is 0 Å². The van der Waals surface area contributed by atoms with Gasteiger partial charge in [-0.3, -0.25) is 9.88 Å². The molecule has 1 atom stereocenters. The zero-order chi connectivity index (χ0) is 12.1. The molecule has 1 unspecified atom stereocenters. The second-order valence-electron chi connectivity index (χ2n) is 4.48. The largest absolute Gasteiger partial charge is 0.378 e. The Hall–Kier alpha value is -0.970. The predicted molar refractivity (Wildman–Crippen MR) is 67.8 cm³/mol. The fraction of sp³-hybridized carbons (Fsp3) is 0.615. The summed E-state index contributed by atoms with van der Waals surface area (Å²) in [6.07, 6.45) is 1.88. The molecule has 0 saturated carbocycles. The van der Waals surface area contributed by atoms with E-state index in [0.717, 1.165) is 31.9 Å². The molecule has 1 aromatic rings. The predicted octanol–water partition coefficient (Wildman–Crippen LogP) is 1.19. The summed E-state index contributed by atoms with van der Waals surface area (Å²) in [7, 11) is 1.70. The molecule has 0 aromatic carbocycles. The molecule has 17 heavy (non-hydrogen) atoms. The number of nitrogens with one attached hydrogen (secondary N) is 1. The molecule has 1 aliphatic rings. The van der Waals surface area contributed by atoms with Crippen LogP contribution in [0.2, 0.25) is 0 Å². The lowest BCUT2D eigenvalue weighted by Gasteiger charge is -2.33. The molecule has 2 heterocycles. The van der Waals surface area contributed by atoms with Crippen LogP contribution >= 0.6 is 0 Å². The van der Waals surface area contributed by atoms with Crippen molar-refractivity contribution in [3.05, 3.63) is 29.6 Å². The molecule has 0 aliphatic carbocycles. The maximum absolute atomic E-state index is 5.12. The molecule has 2 rings (SSSR count). The Morgan fingerprint density at radius 3 is 2.94 bits per heavy atom. The number of hydrogen-bond donors (Lipinski definition) is 1. The van der Waals surface area contributed by atoms with Crippen LogP contribution in [0.5, 0.6) is 0 Å². The number of ether oxygens (including phenoxy) is 1. The molecule has 1 aliphatic heterocycles. The van der Waals surface area contributed by atoms with Crippen molar-refractivity contribution in [3.63, 3.8) is 0 Å². The van der Waals surface area contributed by atoms with Gasteiger partial charge in [0.05, 0.1) is 12.3 Å². The van der Waals surface area contributed by atoms with E-state index in [2.05, 4.69) is 34.3 Å². The van der Waals surface area contributed by atoms with Crippen LogP contribution in [0.3, 0.4) is 0 Å². The van der Waals surface area contributed by atoms with Gasteiger partial charge in [0.1, 0.15) is 0 Å². The van der Waals surface area contributed by atoms with E-state index in [0.29, 0.717) is 12.6 Å². The molecule has 0 amide bonds. The number of rotatable bonds is 4. The summed E-state index contributed by atoms with van der Waals surface area (Å²) < 4.78 is 5.12. The van der Waals surface area contributed by atoms with Crippen molar-refractivity contribution >= 4 is 0 Å². The number of aromatic nitrogens is 1. The third kappa shape index (κ3) is 3.25. The summed E-state index contributed by atoms with van der Waals surface area (Å²) in [6.45, 7) is 7.24. The Labute approximate surface area is 103 Å². The van der Waals surface area contributed by atoms with Gasteiger partial charge in [0.15, 0.2) is 0 Å². The van der Waals surface area contributed by atoms with Gasteiger partial charge < -0.3 is 10.1 Å². The van der Waals surface area contributed by atoms with Crippen LogP contribution in [-0.2, 0) is 11.3 Å². The smallest absolute Gasteiger partial charge is 0.0884 e. The standard InChI is InChI=1S/C13H21N3O/c1-11(16-7-5-14-6-8-16)12-3-4-15-13(9-12)10-17-2/h3-4,9,11,14H,5-8,10H2,1-2H3. The molecule has 1 saturated heterocycles. The summed E-state index contributed by atoms with van der Waals surface area (Å²) in [5, 5.41) is 3.38. The Morgan fingerprint density at radius 2 is 2.24 bits per heavy atom. The number of pyridine rings is 1. The normalized spacial score (nSPS) is 19.2. The van der Waals surface area contributed by atoms with Crippen LogP contribution < -0.4 is 5.32 Å². The van der Waals surface area contributed by atoms with E-state index in [1.165, 1.54) is 5.56 Å². The quantitative estimate of drug-likeness (QED) is 0.851. The van der Waals surface area contributed by atoms with E-state index in [1.54, 1.807) is 7.11 Å². The second kappa shape index (κ2) is 6.10. The van der Waals surface area contributed by atoms with Gasteiger partial charge in [0.25, 0.3) is 0 Å². The monoisotopic (exact) mass is 235 g/mol. The average molecular weight is 235 g/mol. The van der Waals surface area contributed by atoms with Crippen LogP contribution in [0.4, 0.5) is 0 Å². The van der Waals surface area contributed by atoms with Crippen LogP contribution in [0.1, 0.15) is 24.2 Å². The van der Waals surface area contributed by atoms with Gasteiger partial charge >= 0.3 is 0 Å². The van der Waals surface area contributed by atoms with E-state index in [4.69, 9.17) is 4.74 Å². The van der Waals surface area contributed by atoms with E-state index in [-0.39, 0.29) is 0 Å². The maximum atomic E-state index is 5.12. The third-order valence-corrected chi connectivity index (χ3v) is 3.31. The van der Waals surface area contributed by atoms with Crippen molar-refractivity contribution in [2.75, 3.05) is 33.3 Å². The molecule has 1 N–H and O–H groups in total. The highest BCUT2D eigenvalue weighted by molar-refractivity contribution is 5.19. The second-order valence-corrected chi connectivity index (χ2v) is 4.48. The molecule has 1 aromatic heterocycles. The minimum Gasteiger partial charge on any atom is -0.378 e. The van der Waals surface area contributed by atoms with E-state index in [9.17, 15) is 0 Å². The van der Waals surface area contributed by atoms with Gasteiger partial charge in [-0.2, -0.15) is 0 Å². The van der Waals surface area contributed by atoms with Crippen molar-refractivity contribution in [2.45, 2.75) is 19.6 Å². The Balaban J connectivity index is 2.06. The minimum atomic E-state index is 0.454. The van der Waals surface area contributed by atoms with Crippen molar-refractivity contribution < 1.29 is 4.74 Å². The van der Waals surface area contributed by atoms with Gasteiger partial charge in [-0.05, 0) is 24.6 Å². The fourth-order valence-corrected chi connectivity index (χ4v) is 2.26. The first-order valence-corrected chi connectivity index (χ1v) is 6.20. The minimum absolute atomic E-state index is 0.454. The highest BCUT2D eigenvalue weighted by atomic mass is 16.5. The maximum Gasteiger partial charge on any atom is 0.0884 e. The first-order chi connectivity index (χ1) is 8.31. The molecule has 1 fully saturated rings. The Bertz CT molecular complexity index is 350. The molecule has 94 valence electrons. The number of nitrogens with zero attached hydrogens (tertiary/aromatic N) is 2. The lowest BCUT2D eigenvalue weighted by Crippen LogP contribution is -2.44. The molecule has 0 radical (unpaired) electrons. The van der Waals surface area contributed by atoms with Crippen molar-refractivity contribution in [2.24, 2.45) is 0 Å². The molecule has 0 spiro atoms.